The zero-order valence-electron chi connectivity index (χ0n) is 9.61. The van der Waals surface area contributed by atoms with Crippen LogP contribution in [0.3, 0.4) is 0 Å². The zero-order chi connectivity index (χ0) is 11.7. The van der Waals surface area contributed by atoms with Crippen LogP contribution in [0.4, 0.5) is 0 Å². The van der Waals surface area contributed by atoms with Gasteiger partial charge in [-0.25, -0.2) is 4.79 Å². The Morgan fingerprint density at radius 1 is 1.38 bits per heavy atom. The number of hydrogen-bond donors (Lipinski definition) is 2. The third-order valence-electron chi connectivity index (χ3n) is 3.90. The highest BCUT2D eigenvalue weighted by atomic mass is 16.4. The number of carboxylic acids is 1. The number of hydrogen-bond acceptors (Lipinski definition) is 2. The van der Waals surface area contributed by atoms with Crippen LogP contribution in [0, 0.1) is 17.8 Å². The van der Waals surface area contributed by atoms with E-state index >= 15 is 0 Å². The fourth-order valence-corrected chi connectivity index (χ4v) is 3.02. The van der Waals surface area contributed by atoms with E-state index in [0.29, 0.717) is 18.3 Å². The van der Waals surface area contributed by atoms with E-state index in [9.17, 15) is 9.59 Å². The van der Waals surface area contributed by atoms with Gasteiger partial charge in [0.05, 0.1) is 0 Å². The maximum atomic E-state index is 11.8. The van der Waals surface area contributed by atoms with Gasteiger partial charge < -0.3 is 10.4 Å². The summed E-state index contributed by atoms with van der Waals surface area (Å²) in [5.41, 5.74) is 0. The van der Waals surface area contributed by atoms with Gasteiger partial charge in [0.15, 0.2) is 0 Å². The average Bonchev–Trinajstić information content (AvgIpc) is 2.72. The van der Waals surface area contributed by atoms with Crippen molar-refractivity contribution in [2.75, 3.05) is 0 Å². The molecule has 2 aliphatic rings. The fourth-order valence-electron chi connectivity index (χ4n) is 3.02. The molecular weight excluding hydrogens is 206 g/mol. The predicted molar refractivity (Wildman–Crippen MR) is 58.8 cm³/mol. The Hall–Kier alpha value is -1.06. The van der Waals surface area contributed by atoms with Crippen molar-refractivity contribution < 1.29 is 14.7 Å². The molecule has 4 nitrogen and oxygen atoms in total. The van der Waals surface area contributed by atoms with Gasteiger partial charge in [0, 0.05) is 5.92 Å². The summed E-state index contributed by atoms with van der Waals surface area (Å²) in [5, 5.41) is 11.6. The van der Waals surface area contributed by atoms with E-state index in [4.69, 9.17) is 5.11 Å². The van der Waals surface area contributed by atoms with Gasteiger partial charge in [-0.3, -0.25) is 4.79 Å². The van der Waals surface area contributed by atoms with Crippen LogP contribution in [-0.4, -0.2) is 23.0 Å². The highest BCUT2D eigenvalue weighted by molar-refractivity contribution is 5.87. The highest BCUT2D eigenvalue weighted by Crippen LogP contribution is 2.57. The molecule has 3 atom stereocenters. The number of carboxylic acid groups (broad SMARTS) is 1. The first kappa shape index (κ1) is 11.4. The average molecular weight is 225 g/mol. The molecule has 1 amide bonds. The van der Waals surface area contributed by atoms with E-state index in [1.165, 1.54) is 6.42 Å². The summed E-state index contributed by atoms with van der Waals surface area (Å²) < 4.78 is 0. The largest absolute Gasteiger partial charge is 0.480 e. The third-order valence-corrected chi connectivity index (χ3v) is 3.90. The fraction of sp³-hybridized carbons (Fsp3) is 0.833. The summed E-state index contributed by atoms with van der Waals surface area (Å²) in [4.78, 5) is 22.7. The molecule has 0 heterocycles. The molecule has 0 saturated heterocycles. The Morgan fingerprint density at radius 3 is 2.50 bits per heavy atom. The molecule has 0 spiro atoms. The molecule has 4 heteroatoms. The summed E-state index contributed by atoms with van der Waals surface area (Å²) >= 11 is 0. The van der Waals surface area contributed by atoms with Crippen molar-refractivity contribution in [3.63, 3.8) is 0 Å². The smallest absolute Gasteiger partial charge is 0.326 e. The summed E-state index contributed by atoms with van der Waals surface area (Å²) in [5.74, 6) is 0.274. The first-order chi connectivity index (χ1) is 7.65. The molecule has 3 unspecified atom stereocenters. The molecule has 0 aromatic carbocycles. The number of carbonyl (C=O) groups is 2. The Bertz CT molecular complexity index is 293. The van der Waals surface area contributed by atoms with E-state index < -0.39 is 12.0 Å². The lowest BCUT2D eigenvalue weighted by Gasteiger charge is -2.14. The van der Waals surface area contributed by atoms with E-state index in [-0.39, 0.29) is 11.8 Å². The van der Waals surface area contributed by atoms with Crippen molar-refractivity contribution in [3.8, 4) is 0 Å². The van der Waals surface area contributed by atoms with Crippen LogP contribution in [0.25, 0.3) is 0 Å². The molecule has 0 bridgehead atoms. The minimum atomic E-state index is -0.916. The molecule has 0 aromatic heterocycles. The summed E-state index contributed by atoms with van der Waals surface area (Å²) in [6.45, 7) is 1.92. The van der Waals surface area contributed by atoms with Gasteiger partial charge in [-0.15, -0.1) is 0 Å². The Morgan fingerprint density at radius 2 is 2.00 bits per heavy atom. The maximum absolute atomic E-state index is 11.8. The van der Waals surface area contributed by atoms with Crippen molar-refractivity contribution in [3.05, 3.63) is 0 Å². The van der Waals surface area contributed by atoms with E-state index in [2.05, 4.69) is 5.32 Å². The van der Waals surface area contributed by atoms with Crippen LogP contribution in [0.2, 0.25) is 0 Å². The number of fused-ring (bicyclic) bond motifs is 1. The van der Waals surface area contributed by atoms with Crippen LogP contribution in [0.5, 0.6) is 0 Å². The minimum absolute atomic E-state index is 0.0319. The quantitative estimate of drug-likeness (QED) is 0.743. The van der Waals surface area contributed by atoms with Crippen molar-refractivity contribution in [1.29, 1.82) is 0 Å². The number of aliphatic carboxylic acids is 1. The first-order valence-electron chi connectivity index (χ1n) is 6.18. The highest BCUT2D eigenvalue weighted by Gasteiger charge is 2.56. The SMILES string of the molecule is CCCC(NC(=O)C1C2CCCC21)C(=O)O. The summed E-state index contributed by atoms with van der Waals surface area (Å²) in [7, 11) is 0. The predicted octanol–water partition coefficient (Wildman–Crippen LogP) is 1.40. The standard InChI is InChI=1S/C12H19NO3/c1-2-4-9(12(15)16)13-11(14)10-7-5-3-6-8(7)10/h7-10H,2-6H2,1H3,(H,13,14)(H,15,16). The van der Waals surface area contributed by atoms with E-state index in [1.807, 2.05) is 6.92 Å². The molecule has 0 aliphatic heterocycles. The molecule has 2 fully saturated rings. The van der Waals surface area contributed by atoms with Gasteiger partial charge in [0.1, 0.15) is 6.04 Å². The molecular formula is C12H19NO3. The molecule has 2 rings (SSSR count). The van der Waals surface area contributed by atoms with Crippen LogP contribution in [0.1, 0.15) is 39.0 Å². The van der Waals surface area contributed by atoms with Gasteiger partial charge in [0.2, 0.25) is 5.91 Å². The van der Waals surface area contributed by atoms with E-state index in [1.54, 1.807) is 0 Å². The van der Waals surface area contributed by atoms with Gasteiger partial charge in [-0.2, -0.15) is 0 Å². The molecule has 2 N–H and O–H groups in total. The molecule has 2 aliphatic carbocycles. The van der Waals surface area contributed by atoms with E-state index in [0.717, 1.165) is 19.3 Å². The summed E-state index contributed by atoms with van der Waals surface area (Å²) in [6, 6.07) is -0.696. The van der Waals surface area contributed by atoms with Crippen molar-refractivity contribution >= 4 is 11.9 Å². The zero-order valence-corrected chi connectivity index (χ0v) is 9.61. The second-order valence-corrected chi connectivity index (χ2v) is 4.97. The van der Waals surface area contributed by atoms with Gasteiger partial charge in [-0.05, 0) is 31.1 Å². The maximum Gasteiger partial charge on any atom is 0.326 e. The van der Waals surface area contributed by atoms with Crippen molar-refractivity contribution in [1.82, 2.24) is 5.32 Å². The summed E-state index contributed by atoms with van der Waals surface area (Å²) in [6.07, 6.45) is 4.82. The second kappa shape index (κ2) is 4.44. The molecule has 0 radical (unpaired) electrons. The van der Waals surface area contributed by atoms with Crippen LogP contribution < -0.4 is 5.32 Å². The van der Waals surface area contributed by atoms with Crippen molar-refractivity contribution in [2.45, 2.75) is 45.1 Å². The van der Waals surface area contributed by atoms with Crippen LogP contribution in [0.15, 0.2) is 0 Å². The normalized spacial score (nSPS) is 32.9. The molecule has 0 aromatic rings. The number of carbonyl (C=O) groups excluding carboxylic acids is 1. The second-order valence-electron chi connectivity index (χ2n) is 4.97. The molecule has 16 heavy (non-hydrogen) atoms. The Balaban J connectivity index is 1.84. The van der Waals surface area contributed by atoms with Crippen molar-refractivity contribution in [2.24, 2.45) is 17.8 Å². The minimum Gasteiger partial charge on any atom is -0.480 e. The molecule has 90 valence electrons. The lowest BCUT2D eigenvalue weighted by molar-refractivity contribution is -0.142. The Kier molecular flexibility index (Phi) is 3.17. The van der Waals surface area contributed by atoms with Gasteiger partial charge in [0.25, 0.3) is 0 Å². The molecule has 2 saturated carbocycles. The van der Waals surface area contributed by atoms with Crippen LogP contribution in [-0.2, 0) is 9.59 Å². The monoisotopic (exact) mass is 225 g/mol. The number of amides is 1. The number of nitrogens with one attached hydrogen (secondary N) is 1. The lowest BCUT2D eigenvalue weighted by atomic mass is 10.1. The lowest BCUT2D eigenvalue weighted by Crippen LogP contribution is -2.42. The Labute approximate surface area is 95.4 Å². The van der Waals surface area contributed by atoms with Gasteiger partial charge >= 0.3 is 5.97 Å². The number of rotatable bonds is 5. The third kappa shape index (κ3) is 2.06. The van der Waals surface area contributed by atoms with Gasteiger partial charge in [-0.1, -0.05) is 19.8 Å². The first-order valence-corrected chi connectivity index (χ1v) is 6.18. The topological polar surface area (TPSA) is 66.4 Å². The van der Waals surface area contributed by atoms with Crippen LogP contribution >= 0.6 is 0 Å².